The fourth-order valence-corrected chi connectivity index (χ4v) is 1.98. The average molecular weight is 219 g/mol. The van der Waals surface area contributed by atoms with Crippen LogP contribution in [0.5, 0.6) is 0 Å². The Bertz CT molecular complexity index is 401. The predicted molar refractivity (Wildman–Crippen MR) is 61.7 cm³/mol. The SMILES string of the molecule is CCOCc1ccc2c(c1)CN(C(C)=O)C2. The van der Waals surface area contributed by atoms with Crippen LogP contribution in [-0.2, 0) is 29.2 Å². The first-order valence-electron chi connectivity index (χ1n) is 5.64. The number of rotatable bonds is 3. The number of amides is 1. The van der Waals surface area contributed by atoms with Gasteiger partial charge in [0.25, 0.3) is 0 Å². The number of nitrogens with zero attached hydrogens (tertiary/aromatic N) is 1. The number of hydrogen-bond donors (Lipinski definition) is 0. The molecule has 0 aromatic heterocycles. The van der Waals surface area contributed by atoms with Crippen LogP contribution in [0.1, 0.15) is 30.5 Å². The van der Waals surface area contributed by atoms with Crippen molar-refractivity contribution in [2.24, 2.45) is 0 Å². The van der Waals surface area contributed by atoms with Gasteiger partial charge >= 0.3 is 0 Å². The molecule has 3 nitrogen and oxygen atoms in total. The topological polar surface area (TPSA) is 29.5 Å². The fourth-order valence-electron chi connectivity index (χ4n) is 1.98. The molecule has 0 bridgehead atoms. The summed E-state index contributed by atoms with van der Waals surface area (Å²) in [5.41, 5.74) is 3.70. The van der Waals surface area contributed by atoms with Crippen LogP contribution < -0.4 is 0 Å². The average Bonchev–Trinajstić information content (AvgIpc) is 2.69. The highest BCUT2D eigenvalue weighted by Crippen LogP contribution is 2.24. The lowest BCUT2D eigenvalue weighted by Crippen LogP contribution is -2.21. The number of fused-ring (bicyclic) bond motifs is 1. The molecule has 0 saturated heterocycles. The Morgan fingerprint density at radius 2 is 2.12 bits per heavy atom. The Morgan fingerprint density at radius 3 is 2.81 bits per heavy atom. The third-order valence-electron chi connectivity index (χ3n) is 2.91. The summed E-state index contributed by atoms with van der Waals surface area (Å²) in [6, 6.07) is 6.33. The maximum absolute atomic E-state index is 11.3. The summed E-state index contributed by atoms with van der Waals surface area (Å²) in [6.07, 6.45) is 0. The standard InChI is InChI=1S/C13H17NO2/c1-3-16-9-11-4-5-12-7-14(10(2)15)8-13(12)6-11/h4-6H,3,7-9H2,1-2H3. The van der Waals surface area contributed by atoms with E-state index in [1.807, 2.05) is 11.8 Å². The second kappa shape index (κ2) is 4.66. The van der Waals surface area contributed by atoms with Gasteiger partial charge in [0.1, 0.15) is 0 Å². The van der Waals surface area contributed by atoms with Crippen LogP contribution >= 0.6 is 0 Å². The summed E-state index contributed by atoms with van der Waals surface area (Å²) in [7, 11) is 0. The quantitative estimate of drug-likeness (QED) is 0.779. The molecule has 0 atom stereocenters. The van der Waals surface area contributed by atoms with Crippen molar-refractivity contribution >= 4 is 5.91 Å². The van der Waals surface area contributed by atoms with Crippen molar-refractivity contribution in [1.29, 1.82) is 0 Å². The Balaban J connectivity index is 2.11. The van der Waals surface area contributed by atoms with E-state index in [0.29, 0.717) is 6.61 Å². The molecule has 2 rings (SSSR count). The Kier molecular flexibility index (Phi) is 3.25. The van der Waals surface area contributed by atoms with Crippen LogP contribution in [0.4, 0.5) is 0 Å². The maximum Gasteiger partial charge on any atom is 0.220 e. The summed E-state index contributed by atoms with van der Waals surface area (Å²) in [4.78, 5) is 13.1. The molecule has 1 aromatic rings. The van der Waals surface area contributed by atoms with E-state index in [9.17, 15) is 4.79 Å². The van der Waals surface area contributed by atoms with Crippen molar-refractivity contribution in [3.05, 3.63) is 34.9 Å². The van der Waals surface area contributed by atoms with E-state index in [1.165, 1.54) is 16.7 Å². The van der Waals surface area contributed by atoms with E-state index in [-0.39, 0.29) is 5.91 Å². The smallest absolute Gasteiger partial charge is 0.220 e. The van der Waals surface area contributed by atoms with E-state index in [4.69, 9.17) is 4.74 Å². The number of hydrogen-bond acceptors (Lipinski definition) is 2. The van der Waals surface area contributed by atoms with E-state index >= 15 is 0 Å². The van der Waals surface area contributed by atoms with E-state index in [0.717, 1.165) is 19.7 Å². The molecule has 1 aliphatic heterocycles. The summed E-state index contributed by atoms with van der Waals surface area (Å²) < 4.78 is 5.37. The Labute approximate surface area is 96.0 Å². The van der Waals surface area contributed by atoms with Crippen LogP contribution in [0, 0.1) is 0 Å². The molecule has 0 spiro atoms. The lowest BCUT2D eigenvalue weighted by molar-refractivity contribution is -0.129. The second-order valence-electron chi connectivity index (χ2n) is 4.12. The van der Waals surface area contributed by atoms with Crippen molar-refractivity contribution < 1.29 is 9.53 Å². The molecule has 0 unspecified atom stereocenters. The maximum atomic E-state index is 11.3. The molecular formula is C13H17NO2. The summed E-state index contributed by atoms with van der Waals surface area (Å²) in [5.74, 6) is 0.141. The zero-order chi connectivity index (χ0) is 11.5. The Morgan fingerprint density at radius 1 is 1.38 bits per heavy atom. The van der Waals surface area contributed by atoms with Gasteiger partial charge in [-0.25, -0.2) is 0 Å². The number of benzene rings is 1. The molecule has 0 saturated carbocycles. The molecule has 16 heavy (non-hydrogen) atoms. The molecule has 86 valence electrons. The third-order valence-corrected chi connectivity index (χ3v) is 2.91. The van der Waals surface area contributed by atoms with Crippen molar-refractivity contribution in [3.8, 4) is 0 Å². The highest BCUT2D eigenvalue weighted by molar-refractivity contribution is 5.74. The van der Waals surface area contributed by atoms with Gasteiger partial charge in [-0.3, -0.25) is 4.79 Å². The van der Waals surface area contributed by atoms with E-state index < -0.39 is 0 Å². The van der Waals surface area contributed by atoms with E-state index in [1.54, 1.807) is 6.92 Å². The van der Waals surface area contributed by atoms with Crippen molar-refractivity contribution in [2.75, 3.05) is 6.61 Å². The Hall–Kier alpha value is -1.35. The van der Waals surface area contributed by atoms with Crippen molar-refractivity contribution in [2.45, 2.75) is 33.5 Å². The summed E-state index contributed by atoms with van der Waals surface area (Å²) in [6.45, 7) is 6.49. The van der Waals surface area contributed by atoms with Gasteiger partial charge in [-0.2, -0.15) is 0 Å². The van der Waals surface area contributed by atoms with E-state index in [2.05, 4.69) is 18.2 Å². The van der Waals surface area contributed by atoms with Gasteiger partial charge in [-0.1, -0.05) is 18.2 Å². The zero-order valence-electron chi connectivity index (χ0n) is 9.82. The highest BCUT2D eigenvalue weighted by atomic mass is 16.5. The van der Waals surface area contributed by atoms with Crippen LogP contribution in [0.15, 0.2) is 18.2 Å². The number of carbonyl (C=O) groups is 1. The highest BCUT2D eigenvalue weighted by Gasteiger charge is 2.20. The monoisotopic (exact) mass is 219 g/mol. The molecule has 0 fully saturated rings. The molecule has 1 amide bonds. The second-order valence-corrected chi connectivity index (χ2v) is 4.12. The first kappa shape index (κ1) is 11.1. The summed E-state index contributed by atoms with van der Waals surface area (Å²) >= 11 is 0. The van der Waals surface area contributed by atoms with Gasteiger partial charge in [-0.15, -0.1) is 0 Å². The third kappa shape index (κ3) is 2.25. The molecule has 0 aliphatic carbocycles. The molecule has 0 N–H and O–H groups in total. The number of ether oxygens (including phenoxy) is 1. The first-order chi connectivity index (χ1) is 7.70. The minimum absolute atomic E-state index is 0.141. The minimum Gasteiger partial charge on any atom is -0.377 e. The lowest BCUT2D eigenvalue weighted by Gasteiger charge is -2.11. The largest absolute Gasteiger partial charge is 0.377 e. The first-order valence-corrected chi connectivity index (χ1v) is 5.64. The van der Waals surface area contributed by atoms with Gasteiger partial charge < -0.3 is 9.64 Å². The molecule has 3 heteroatoms. The van der Waals surface area contributed by atoms with Gasteiger partial charge in [0.05, 0.1) is 6.61 Å². The molecular weight excluding hydrogens is 202 g/mol. The van der Waals surface area contributed by atoms with Crippen LogP contribution in [0.25, 0.3) is 0 Å². The van der Waals surface area contributed by atoms with Crippen molar-refractivity contribution in [1.82, 2.24) is 4.90 Å². The normalized spacial score (nSPS) is 14.0. The zero-order valence-corrected chi connectivity index (χ0v) is 9.82. The van der Waals surface area contributed by atoms with Crippen LogP contribution in [0.3, 0.4) is 0 Å². The number of carbonyl (C=O) groups excluding carboxylic acids is 1. The molecule has 1 aliphatic rings. The van der Waals surface area contributed by atoms with Gasteiger partial charge in [-0.05, 0) is 23.6 Å². The summed E-state index contributed by atoms with van der Waals surface area (Å²) in [5, 5.41) is 0. The lowest BCUT2D eigenvalue weighted by atomic mass is 10.1. The van der Waals surface area contributed by atoms with Crippen LogP contribution in [-0.4, -0.2) is 17.4 Å². The van der Waals surface area contributed by atoms with Crippen molar-refractivity contribution in [3.63, 3.8) is 0 Å². The van der Waals surface area contributed by atoms with Gasteiger partial charge in [0, 0.05) is 26.6 Å². The fraction of sp³-hybridized carbons (Fsp3) is 0.462. The predicted octanol–water partition coefficient (Wildman–Crippen LogP) is 2.09. The van der Waals surface area contributed by atoms with Gasteiger partial charge in [0.2, 0.25) is 5.91 Å². The van der Waals surface area contributed by atoms with Gasteiger partial charge in [0.15, 0.2) is 0 Å². The molecule has 1 aromatic carbocycles. The molecule has 0 radical (unpaired) electrons. The molecule has 1 heterocycles. The minimum atomic E-state index is 0.141. The van der Waals surface area contributed by atoms with Crippen LogP contribution in [0.2, 0.25) is 0 Å².